The molecule has 1 atom stereocenters. The van der Waals surface area contributed by atoms with E-state index in [1.165, 1.54) is 17.1 Å². The summed E-state index contributed by atoms with van der Waals surface area (Å²) in [6, 6.07) is 8.39. The standard InChI is InChI=1S/C15H21N3OS/c1-5-13(11-6-8-12(19-4)9-7-11)16-15-17-14(10(2)3)18-20-15/h6-10,13H,5H2,1-4H3,(H,16,17,18). The average molecular weight is 291 g/mol. The van der Waals surface area contributed by atoms with E-state index in [4.69, 9.17) is 4.74 Å². The second kappa shape index (κ2) is 6.70. The van der Waals surface area contributed by atoms with Gasteiger partial charge in [-0.3, -0.25) is 0 Å². The summed E-state index contributed by atoms with van der Waals surface area (Å²) in [7, 11) is 1.68. The molecule has 108 valence electrons. The number of benzene rings is 1. The van der Waals surface area contributed by atoms with Gasteiger partial charge in [-0.05, 0) is 24.1 Å². The number of nitrogens with one attached hydrogen (secondary N) is 1. The fourth-order valence-electron chi connectivity index (χ4n) is 1.93. The highest BCUT2D eigenvalue weighted by atomic mass is 32.1. The maximum atomic E-state index is 5.19. The average Bonchev–Trinajstić information content (AvgIpc) is 2.94. The first kappa shape index (κ1) is 14.8. The first-order chi connectivity index (χ1) is 9.63. The predicted octanol–water partition coefficient (Wildman–Crippen LogP) is 4.23. The fraction of sp³-hybridized carbons (Fsp3) is 0.467. The topological polar surface area (TPSA) is 47.0 Å². The molecule has 1 unspecified atom stereocenters. The molecule has 0 saturated heterocycles. The Hall–Kier alpha value is -1.62. The molecule has 0 bridgehead atoms. The Kier molecular flexibility index (Phi) is 4.95. The molecule has 5 heteroatoms. The van der Waals surface area contributed by atoms with Crippen molar-refractivity contribution in [3.63, 3.8) is 0 Å². The number of nitrogens with zero attached hydrogens (tertiary/aromatic N) is 2. The number of ether oxygens (including phenoxy) is 1. The molecule has 1 aromatic carbocycles. The van der Waals surface area contributed by atoms with Gasteiger partial charge in [-0.15, -0.1) is 0 Å². The molecule has 0 amide bonds. The summed E-state index contributed by atoms with van der Waals surface area (Å²) in [4.78, 5) is 4.53. The van der Waals surface area contributed by atoms with Crippen LogP contribution in [-0.4, -0.2) is 16.5 Å². The number of methoxy groups -OCH3 is 1. The van der Waals surface area contributed by atoms with Crippen molar-refractivity contribution in [3.8, 4) is 5.75 Å². The highest BCUT2D eigenvalue weighted by molar-refractivity contribution is 7.09. The van der Waals surface area contributed by atoms with Crippen LogP contribution < -0.4 is 10.1 Å². The van der Waals surface area contributed by atoms with Crippen LogP contribution in [0, 0.1) is 0 Å². The molecule has 1 aromatic heterocycles. The van der Waals surface area contributed by atoms with Crippen molar-refractivity contribution in [2.75, 3.05) is 12.4 Å². The van der Waals surface area contributed by atoms with Crippen LogP contribution in [0.15, 0.2) is 24.3 Å². The van der Waals surface area contributed by atoms with Gasteiger partial charge < -0.3 is 10.1 Å². The molecule has 1 heterocycles. The maximum absolute atomic E-state index is 5.19. The van der Waals surface area contributed by atoms with Crippen molar-refractivity contribution in [2.45, 2.75) is 39.2 Å². The van der Waals surface area contributed by atoms with E-state index in [0.29, 0.717) is 5.92 Å². The Labute approximate surface area is 124 Å². The van der Waals surface area contributed by atoms with Gasteiger partial charge in [0.15, 0.2) is 0 Å². The zero-order chi connectivity index (χ0) is 14.5. The minimum Gasteiger partial charge on any atom is -0.497 e. The Morgan fingerprint density at radius 3 is 2.45 bits per heavy atom. The van der Waals surface area contributed by atoms with E-state index in [1.807, 2.05) is 12.1 Å². The van der Waals surface area contributed by atoms with Gasteiger partial charge in [0.25, 0.3) is 0 Å². The summed E-state index contributed by atoms with van der Waals surface area (Å²) in [5.74, 6) is 2.14. The van der Waals surface area contributed by atoms with Gasteiger partial charge in [-0.2, -0.15) is 4.37 Å². The van der Waals surface area contributed by atoms with Gasteiger partial charge in [0.05, 0.1) is 13.2 Å². The highest BCUT2D eigenvalue weighted by Crippen LogP contribution is 2.26. The van der Waals surface area contributed by atoms with Gasteiger partial charge in [-0.1, -0.05) is 32.9 Å². The molecule has 1 N–H and O–H groups in total. The predicted molar refractivity (Wildman–Crippen MR) is 83.6 cm³/mol. The third kappa shape index (κ3) is 3.48. The lowest BCUT2D eigenvalue weighted by Gasteiger charge is -2.16. The van der Waals surface area contributed by atoms with Gasteiger partial charge in [-0.25, -0.2) is 4.98 Å². The number of rotatable bonds is 6. The van der Waals surface area contributed by atoms with E-state index in [-0.39, 0.29) is 6.04 Å². The van der Waals surface area contributed by atoms with E-state index >= 15 is 0 Å². The quantitative estimate of drug-likeness (QED) is 0.865. The van der Waals surface area contributed by atoms with E-state index in [9.17, 15) is 0 Å². The second-order valence-corrected chi connectivity index (χ2v) is 5.74. The van der Waals surface area contributed by atoms with Gasteiger partial charge in [0, 0.05) is 17.5 Å². The molecule has 0 saturated carbocycles. The van der Waals surface area contributed by atoms with E-state index < -0.39 is 0 Å². The summed E-state index contributed by atoms with van der Waals surface area (Å²) in [5.41, 5.74) is 1.23. The van der Waals surface area contributed by atoms with Crippen molar-refractivity contribution in [1.82, 2.24) is 9.36 Å². The smallest absolute Gasteiger partial charge is 0.203 e. The molecule has 20 heavy (non-hydrogen) atoms. The molecule has 0 aliphatic carbocycles. The number of hydrogen-bond donors (Lipinski definition) is 1. The largest absolute Gasteiger partial charge is 0.497 e. The molecule has 0 aliphatic heterocycles. The SMILES string of the molecule is CCC(Nc1nc(C(C)C)ns1)c1ccc(OC)cc1. The third-order valence-corrected chi connectivity index (χ3v) is 3.84. The maximum Gasteiger partial charge on any atom is 0.203 e. The molecule has 2 rings (SSSR count). The number of hydrogen-bond acceptors (Lipinski definition) is 5. The Morgan fingerprint density at radius 2 is 1.95 bits per heavy atom. The van der Waals surface area contributed by atoms with Gasteiger partial charge in [0.2, 0.25) is 5.13 Å². The van der Waals surface area contributed by atoms with Gasteiger partial charge >= 0.3 is 0 Å². The van der Waals surface area contributed by atoms with Crippen molar-refractivity contribution in [1.29, 1.82) is 0 Å². The number of anilines is 1. The first-order valence-corrected chi connectivity index (χ1v) is 7.65. The molecule has 0 radical (unpaired) electrons. The minimum absolute atomic E-state index is 0.244. The van der Waals surface area contributed by atoms with Crippen LogP contribution in [0.25, 0.3) is 0 Å². The summed E-state index contributed by atoms with van der Waals surface area (Å²) >= 11 is 1.43. The highest BCUT2D eigenvalue weighted by Gasteiger charge is 2.13. The van der Waals surface area contributed by atoms with Crippen LogP contribution in [0.5, 0.6) is 5.75 Å². The third-order valence-electron chi connectivity index (χ3n) is 3.18. The molecule has 0 fully saturated rings. The van der Waals surface area contributed by atoms with E-state index in [1.54, 1.807) is 7.11 Å². The van der Waals surface area contributed by atoms with E-state index in [0.717, 1.165) is 23.1 Å². The summed E-state index contributed by atoms with van der Waals surface area (Å²) in [5, 5.41) is 4.35. The molecule has 4 nitrogen and oxygen atoms in total. The van der Waals surface area contributed by atoms with Crippen LogP contribution in [0.4, 0.5) is 5.13 Å². The first-order valence-electron chi connectivity index (χ1n) is 6.88. The molecular formula is C15H21N3OS. The van der Waals surface area contributed by atoms with Crippen molar-refractivity contribution in [2.24, 2.45) is 0 Å². The zero-order valence-corrected chi connectivity index (χ0v) is 13.2. The molecule has 2 aromatic rings. The van der Waals surface area contributed by atoms with E-state index in [2.05, 4.69) is 47.6 Å². The van der Waals surface area contributed by atoms with Crippen LogP contribution in [0.2, 0.25) is 0 Å². The zero-order valence-electron chi connectivity index (χ0n) is 12.4. The fourth-order valence-corrected chi connectivity index (χ4v) is 2.70. The molecule has 0 aliphatic rings. The van der Waals surface area contributed by atoms with Crippen LogP contribution in [-0.2, 0) is 0 Å². The lowest BCUT2D eigenvalue weighted by Crippen LogP contribution is -2.09. The lowest BCUT2D eigenvalue weighted by atomic mass is 10.0. The van der Waals surface area contributed by atoms with Crippen molar-refractivity contribution in [3.05, 3.63) is 35.7 Å². The summed E-state index contributed by atoms with van der Waals surface area (Å²) in [6.45, 7) is 6.37. The Bertz CT molecular complexity index is 536. The van der Waals surface area contributed by atoms with Crippen molar-refractivity contribution >= 4 is 16.7 Å². The molecule has 0 spiro atoms. The Balaban J connectivity index is 2.10. The monoisotopic (exact) mass is 291 g/mol. The van der Waals surface area contributed by atoms with Crippen LogP contribution in [0.1, 0.15) is 50.5 Å². The van der Waals surface area contributed by atoms with Gasteiger partial charge in [0.1, 0.15) is 11.6 Å². The normalized spacial score (nSPS) is 12.4. The minimum atomic E-state index is 0.244. The second-order valence-electron chi connectivity index (χ2n) is 4.99. The van der Waals surface area contributed by atoms with Crippen LogP contribution in [0.3, 0.4) is 0 Å². The molecular weight excluding hydrogens is 270 g/mol. The Morgan fingerprint density at radius 1 is 1.25 bits per heavy atom. The van der Waals surface area contributed by atoms with Crippen LogP contribution >= 0.6 is 11.5 Å². The summed E-state index contributed by atoms with van der Waals surface area (Å²) < 4.78 is 9.56. The summed E-state index contributed by atoms with van der Waals surface area (Å²) in [6.07, 6.45) is 0.989. The van der Waals surface area contributed by atoms with Crippen molar-refractivity contribution < 1.29 is 4.74 Å². The lowest BCUT2D eigenvalue weighted by molar-refractivity contribution is 0.414. The number of aromatic nitrogens is 2.